The summed E-state index contributed by atoms with van der Waals surface area (Å²) >= 11 is 0. The number of rotatable bonds is 4. The molecule has 1 atom stereocenters. The minimum absolute atomic E-state index is 0.502. The van der Waals surface area contributed by atoms with Crippen molar-refractivity contribution < 1.29 is 19.7 Å². The first-order chi connectivity index (χ1) is 7.28. The fourth-order valence-corrected chi connectivity index (χ4v) is 1.43. The average molecular weight is 231 g/mol. The number of carbonyl (C=O) groups is 1. The van der Waals surface area contributed by atoms with Gasteiger partial charge in [0.25, 0.3) is 0 Å². The molecule has 1 unspecified atom stereocenters. The lowest BCUT2D eigenvalue weighted by molar-refractivity contribution is -0.0709. The summed E-state index contributed by atoms with van der Waals surface area (Å²) in [7, 11) is 0. The number of aliphatic hydroxyl groups excluding tert-OH is 1. The van der Waals surface area contributed by atoms with Crippen molar-refractivity contribution in [3.63, 3.8) is 0 Å². The molecule has 1 amide bonds. The molecule has 0 saturated heterocycles. The standard InChI is InChI=1S/C11H21NO4/c1-11(2,3)16-10(15)12-8(9(13)14)6-7-4-5-7/h7-9,13-14H,4-6H2,1-3H3,(H,12,15). The van der Waals surface area contributed by atoms with Gasteiger partial charge < -0.3 is 20.3 Å². The zero-order valence-electron chi connectivity index (χ0n) is 10.1. The van der Waals surface area contributed by atoms with Crippen molar-refractivity contribution in [2.75, 3.05) is 0 Å². The number of alkyl carbamates (subject to hydrolysis) is 1. The van der Waals surface area contributed by atoms with Crippen LogP contribution in [-0.2, 0) is 4.74 Å². The molecule has 16 heavy (non-hydrogen) atoms. The Kier molecular flexibility index (Phi) is 4.15. The SMILES string of the molecule is CC(C)(C)OC(=O)NC(CC1CC1)C(O)O. The Balaban J connectivity index is 2.37. The van der Waals surface area contributed by atoms with Crippen molar-refractivity contribution in [3.05, 3.63) is 0 Å². The monoisotopic (exact) mass is 231 g/mol. The molecule has 0 aliphatic heterocycles. The highest BCUT2D eigenvalue weighted by Gasteiger charge is 2.30. The maximum Gasteiger partial charge on any atom is 0.408 e. The van der Waals surface area contributed by atoms with Crippen LogP contribution in [-0.4, -0.2) is 34.2 Å². The number of nitrogens with one attached hydrogen (secondary N) is 1. The molecule has 0 aromatic rings. The molecule has 0 radical (unpaired) electrons. The highest BCUT2D eigenvalue weighted by molar-refractivity contribution is 5.68. The number of amides is 1. The maximum absolute atomic E-state index is 11.4. The van der Waals surface area contributed by atoms with Gasteiger partial charge in [-0.05, 0) is 33.1 Å². The summed E-state index contributed by atoms with van der Waals surface area (Å²) in [6.07, 6.45) is 0.648. The van der Waals surface area contributed by atoms with Crippen LogP contribution in [0.15, 0.2) is 0 Å². The summed E-state index contributed by atoms with van der Waals surface area (Å²) in [5.41, 5.74) is -0.575. The number of ether oxygens (including phenoxy) is 1. The van der Waals surface area contributed by atoms with Crippen LogP contribution in [0.25, 0.3) is 0 Å². The minimum Gasteiger partial charge on any atom is -0.444 e. The van der Waals surface area contributed by atoms with Crippen LogP contribution in [0.4, 0.5) is 4.79 Å². The number of hydrogen-bond donors (Lipinski definition) is 3. The quantitative estimate of drug-likeness (QED) is 0.630. The third kappa shape index (κ3) is 5.32. The molecule has 3 N–H and O–H groups in total. The Morgan fingerprint density at radius 1 is 1.44 bits per heavy atom. The Morgan fingerprint density at radius 2 is 2.00 bits per heavy atom. The number of aliphatic hydroxyl groups is 2. The number of hydrogen-bond acceptors (Lipinski definition) is 4. The van der Waals surface area contributed by atoms with E-state index in [0.29, 0.717) is 12.3 Å². The van der Waals surface area contributed by atoms with Crippen LogP contribution in [0.5, 0.6) is 0 Å². The Labute approximate surface area is 95.8 Å². The van der Waals surface area contributed by atoms with Crippen LogP contribution in [0, 0.1) is 5.92 Å². The predicted molar refractivity (Wildman–Crippen MR) is 58.7 cm³/mol. The van der Waals surface area contributed by atoms with Crippen molar-refractivity contribution in [1.29, 1.82) is 0 Å². The van der Waals surface area contributed by atoms with Crippen LogP contribution in [0.2, 0.25) is 0 Å². The Bertz CT molecular complexity index is 243. The van der Waals surface area contributed by atoms with E-state index in [1.54, 1.807) is 20.8 Å². The lowest BCUT2D eigenvalue weighted by Crippen LogP contribution is -2.45. The van der Waals surface area contributed by atoms with Gasteiger partial charge in [0, 0.05) is 0 Å². The van der Waals surface area contributed by atoms with Crippen molar-refractivity contribution in [2.45, 2.75) is 58.0 Å². The van der Waals surface area contributed by atoms with Gasteiger partial charge in [0.05, 0.1) is 6.04 Å². The smallest absolute Gasteiger partial charge is 0.408 e. The van der Waals surface area contributed by atoms with Crippen molar-refractivity contribution in [3.8, 4) is 0 Å². The van der Waals surface area contributed by atoms with Crippen molar-refractivity contribution in [1.82, 2.24) is 5.32 Å². The Hall–Kier alpha value is -0.810. The maximum atomic E-state index is 11.4. The molecule has 1 fully saturated rings. The highest BCUT2D eigenvalue weighted by Crippen LogP contribution is 2.33. The lowest BCUT2D eigenvalue weighted by Gasteiger charge is -2.24. The molecular weight excluding hydrogens is 210 g/mol. The first-order valence-corrected chi connectivity index (χ1v) is 5.63. The van der Waals surface area contributed by atoms with Gasteiger partial charge in [0.2, 0.25) is 0 Å². The molecule has 0 aromatic heterocycles. The van der Waals surface area contributed by atoms with E-state index in [-0.39, 0.29) is 0 Å². The molecule has 5 nitrogen and oxygen atoms in total. The predicted octanol–water partition coefficient (Wildman–Crippen LogP) is 0.990. The fraction of sp³-hybridized carbons (Fsp3) is 0.909. The van der Waals surface area contributed by atoms with E-state index < -0.39 is 24.0 Å². The summed E-state index contributed by atoms with van der Waals surface area (Å²) < 4.78 is 5.05. The average Bonchev–Trinajstić information content (AvgIpc) is 2.82. The molecule has 0 bridgehead atoms. The van der Waals surface area contributed by atoms with E-state index in [0.717, 1.165) is 12.8 Å². The van der Waals surface area contributed by atoms with Gasteiger partial charge >= 0.3 is 6.09 Å². The third-order valence-electron chi connectivity index (χ3n) is 2.35. The van der Waals surface area contributed by atoms with Gasteiger partial charge in [-0.15, -0.1) is 0 Å². The molecule has 5 heteroatoms. The van der Waals surface area contributed by atoms with E-state index in [9.17, 15) is 4.79 Å². The van der Waals surface area contributed by atoms with Gasteiger partial charge in [-0.3, -0.25) is 0 Å². The zero-order valence-corrected chi connectivity index (χ0v) is 10.1. The van der Waals surface area contributed by atoms with Crippen molar-refractivity contribution in [2.24, 2.45) is 5.92 Å². The fourth-order valence-electron chi connectivity index (χ4n) is 1.43. The van der Waals surface area contributed by atoms with E-state index in [2.05, 4.69) is 5.32 Å². The second kappa shape index (κ2) is 5.01. The molecule has 1 aliphatic carbocycles. The molecule has 94 valence electrons. The lowest BCUT2D eigenvalue weighted by atomic mass is 10.1. The largest absolute Gasteiger partial charge is 0.444 e. The third-order valence-corrected chi connectivity index (χ3v) is 2.35. The number of carbonyl (C=O) groups excluding carboxylic acids is 1. The van der Waals surface area contributed by atoms with Gasteiger partial charge in [0.1, 0.15) is 5.60 Å². The summed E-state index contributed by atoms with van der Waals surface area (Å²) in [6, 6.07) is -0.637. The second-order valence-corrected chi connectivity index (χ2v) is 5.35. The van der Waals surface area contributed by atoms with E-state index >= 15 is 0 Å². The molecular formula is C11H21NO4. The topological polar surface area (TPSA) is 78.8 Å². The van der Waals surface area contributed by atoms with Gasteiger partial charge in [0.15, 0.2) is 6.29 Å². The summed E-state index contributed by atoms with van der Waals surface area (Å²) in [5.74, 6) is 0.502. The second-order valence-electron chi connectivity index (χ2n) is 5.35. The van der Waals surface area contributed by atoms with Gasteiger partial charge in [-0.25, -0.2) is 4.79 Å². The van der Waals surface area contributed by atoms with Gasteiger partial charge in [-0.1, -0.05) is 12.8 Å². The molecule has 0 spiro atoms. The van der Waals surface area contributed by atoms with Crippen LogP contribution < -0.4 is 5.32 Å². The molecule has 0 aromatic carbocycles. The summed E-state index contributed by atoms with van der Waals surface area (Å²) in [4.78, 5) is 11.4. The minimum atomic E-state index is -1.53. The van der Waals surface area contributed by atoms with Crippen molar-refractivity contribution >= 4 is 6.09 Å². The molecule has 1 aliphatic rings. The molecule has 1 saturated carbocycles. The van der Waals surface area contributed by atoms with E-state index in [1.165, 1.54) is 0 Å². The zero-order chi connectivity index (χ0) is 12.3. The van der Waals surface area contributed by atoms with E-state index in [4.69, 9.17) is 14.9 Å². The highest BCUT2D eigenvalue weighted by atomic mass is 16.6. The molecule has 1 rings (SSSR count). The summed E-state index contributed by atoms with van der Waals surface area (Å²) in [5, 5.41) is 20.7. The van der Waals surface area contributed by atoms with Gasteiger partial charge in [-0.2, -0.15) is 0 Å². The normalized spacial score (nSPS) is 18.4. The van der Waals surface area contributed by atoms with Crippen LogP contribution >= 0.6 is 0 Å². The molecule has 0 heterocycles. The van der Waals surface area contributed by atoms with Crippen LogP contribution in [0.3, 0.4) is 0 Å². The summed E-state index contributed by atoms with van der Waals surface area (Å²) in [6.45, 7) is 5.29. The van der Waals surface area contributed by atoms with E-state index in [1.807, 2.05) is 0 Å². The Morgan fingerprint density at radius 3 is 2.38 bits per heavy atom. The first kappa shape index (κ1) is 13.3. The first-order valence-electron chi connectivity index (χ1n) is 5.63. The van der Waals surface area contributed by atoms with Crippen LogP contribution in [0.1, 0.15) is 40.0 Å².